The molecular formula is C37H27F3N2O3. The van der Waals surface area contributed by atoms with Crippen LogP contribution in [-0.2, 0) is 5.41 Å². The van der Waals surface area contributed by atoms with Crippen LogP contribution in [0.3, 0.4) is 0 Å². The fourth-order valence-electron chi connectivity index (χ4n) is 6.07. The van der Waals surface area contributed by atoms with Gasteiger partial charge in [-0.05, 0) is 91.6 Å². The Morgan fingerprint density at radius 3 is 2.42 bits per heavy atom. The minimum Gasteiger partial charge on any atom is -0.455 e. The maximum Gasteiger partial charge on any atom is 0.167 e. The van der Waals surface area contributed by atoms with Crippen molar-refractivity contribution in [1.82, 2.24) is 9.97 Å². The molecule has 7 rings (SSSR count). The van der Waals surface area contributed by atoms with Gasteiger partial charge in [-0.25, -0.2) is 13.2 Å². The van der Waals surface area contributed by atoms with Gasteiger partial charge in [0.15, 0.2) is 11.6 Å². The topological polar surface area (TPSA) is 73.1 Å². The Morgan fingerprint density at radius 2 is 1.69 bits per heavy atom. The summed E-state index contributed by atoms with van der Waals surface area (Å²) < 4.78 is 51.4. The van der Waals surface area contributed by atoms with Crippen molar-refractivity contribution in [3.8, 4) is 22.5 Å². The van der Waals surface area contributed by atoms with Crippen molar-refractivity contribution in [2.75, 3.05) is 0 Å². The molecule has 0 atom stereocenters. The number of carbonyl (C=O) groups is 2. The van der Waals surface area contributed by atoms with Crippen LogP contribution in [-0.4, -0.2) is 21.5 Å². The number of Topliss-reactive ketones (excluding diaryl/α,β-unsaturated/α-hetero) is 2. The Kier molecular flexibility index (Phi) is 6.88. The Hall–Kier alpha value is -5.11. The number of furan rings is 1. The average molecular weight is 605 g/mol. The number of aromatic nitrogens is 2. The molecule has 3 aromatic carbocycles. The quantitative estimate of drug-likeness (QED) is 0.162. The zero-order valence-electron chi connectivity index (χ0n) is 24.6. The first kappa shape index (κ1) is 28.6. The third kappa shape index (κ3) is 4.90. The fourth-order valence-corrected chi connectivity index (χ4v) is 6.07. The highest BCUT2D eigenvalue weighted by Gasteiger charge is 2.47. The Morgan fingerprint density at radius 1 is 0.911 bits per heavy atom. The van der Waals surface area contributed by atoms with Crippen LogP contribution in [0.4, 0.5) is 13.2 Å². The SMILES string of the molecule is CCC(=O)c1c(-c2ccc(F)cc2)oc2ccc(-c3cc(C(=O)CC4(c5ccc6ccncc6n5)CC4)cc(F)c3C)c(F)c12. The average Bonchev–Trinajstić information content (AvgIpc) is 3.72. The molecule has 1 saturated carbocycles. The highest BCUT2D eigenvalue weighted by molar-refractivity contribution is 6.13. The van der Waals surface area contributed by atoms with E-state index in [1.807, 2.05) is 18.2 Å². The van der Waals surface area contributed by atoms with Gasteiger partial charge < -0.3 is 4.42 Å². The molecule has 0 aliphatic heterocycles. The molecule has 0 unspecified atom stereocenters. The van der Waals surface area contributed by atoms with Gasteiger partial charge in [-0.1, -0.05) is 13.0 Å². The first-order valence-corrected chi connectivity index (χ1v) is 14.8. The first-order valence-electron chi connectivity index (χ1n) is 14.8. The number of rotatable bonds is 8. The van der Waals surface area contributed by atoms with Crippen molar-refractivity contribution in [2.45, 2.75) is 44.9 Å². The molecule has 1 aliphatic carbocycles. The first-order chi connectivity index (χ1) is 21.7. The molecule has 1 aliphatic rings. The lowest BCUT2D eigenvalue weighted by Gasteiger charge is -2.16. The van der Waals surface area contributed by atoms with Crippen molar-refractivity contribution in [1.29, 1.82) is 0 Å². The van der Waals surface area contributed by atoms with Crippen molar-refractivity contribution in [3.63, 3.8) is 0 Å². The van der Waals surface area contributed by atoms with E-state index in [1.54, 1.807) is 19.3 Å². The van der Waals surface area contributed by atoms with Gasteiger partial charge >= 0.3 is 0 Å². The van der Waals surface area contributed by atoms with E-state index in [2.05, 4.69) is 4.98 Å². The molecule has 1 fully saturated rings. The largest absolute Gasteiger partial charge is 0.455 e. The van der Waals surface area contributed by atoms with E-state index in [-0.39, 0.29) is 69.0 Å². The fraction of sp³-hybridized carbons (Fsp3) is 0.189. The van der Waals surface area contributed by atoms with E-state index < -0.39 is 22.9 Å². The number of fused-ring (bicyclic) bond motifs is 2. The van der Waals surface area contributed by atoms with Gasteiger partial charge in [-0.3, -0.25) is 19.6 Å². The van der Waals surface area contributed by atoms with E-state index in [0.29, 0.717) is 5.56 Å². The second kappa shape index (κ2) is 10.8. The maximum atomic E-state index is 16.5. The highest BCUT2D eigenvalue weighted by Crippen LogP contribution is 2.51. The van der Waals surface area contributed by atoms with Gasteiger partial charge in [0.2, 0.25) is 0 Å². The van der Waals surface area contributed by atoms with E-state index in [9.17, 15) is 14.0 Å². The number of pyridine rings is 2. The summed E-state index contributed by atoms with van der Waals surface area (Å²) in [5.74, 6) is -2.36. The zero-order chi connectivity index (χ0) is 31.5. The Balaban J connectivity index is 1.29. The van der Waals surface area contributed by atoms with Gasteiger partial charge in [-0.15, -0.1) is 0 Å². The molecule has 0 spiro atoms. The monoisotopic (exact) mass is 604 g/mol. The van der Waals surface area contributed by atoms with E-state index >= 15 is 8.78 Å². The third-order valence-electron chi connectivity index (χ3n) is 8.85. The molecule has 8 heteroatoms. The summed E-state index contributed by atoms with van der Waals surface area (Å²) in [7, 11) is 0. The summed E-state index contributed by atoms with van der Waals surface area (Å²) in [5.41, 5.74) is 2.22. The van der Waals surface area contributed by atoms with Gasteiger partial charge in [0.25, 0.3) is 0 Å². The molecule has 0 radical (unpaired) electrons. The van der Waals surface area contributed by atoms with Crippen molar-refractivity contribution >= 4 is 33.4 Å². The number of hydrogen-bond acceptors (Lipinski definition) is 5. The van der Waals surface area contributed by atoms with Gasteiger partial charge in [0.05, 0.1) is 22.7 Å². The molecule has 224 valence electrons. The maximum absolute atomic E-state index is 16.5. The lowest BCUT2D eigenvalue weighted by atomic mass is 9.89. The van der Waals surface area contributed by atoms with E-state index in [1.165, 1.54) is 55.5 Å². The van der Waals surface area contributed by atoms with Crippen LogP contribution in [0.5, 0.6) is 0 Å². The van der Waals surface area contributed by atoms with Crippen molar-refractivity contribution in [2.24, 2.45) is 0 Å². The highest BCUT2D eigenvalue weighted by atomic mass is 19.1. The predicted octanol–water partition coefficient (Wildman–Crippen LogP) is 9.33. The summed E-state index contributed by atoms with van der Waals surface area (Å²) in [6, 6.07) is 16.8. The molecule has 0 saturated heterocycles. The van der Waals surface area contributed by atoms with E-state index in [0.717, 1.165) is 29.4 Å². The number of ketones is 2. The number of benzene rings is 3. The number of hydrogen-bond donors (Lipinski definition) is 0. The van der Waals surface area contributed by atoms with Crippen molar-refractivity contribution < 1.29 is 27.2 Å². The Labute approximate surface area is 256 Å². The number of carbonyl (C=O) groups excluding carboxylic acids is 2. The van der Waals surface area contributed by atoms with Crippen LogP contribution in [0.2, 0.25) is 0 Å². The molecule has 6 aromatic rings. The second-order valence-electron chi connectivity index (χ2n) is 11.7. The summed E-state index contributed by atoms with van der Waals surface area (Å²) in [6.07, 6.45) is 5.14. The standard InChI is InChI=1S/C37H27F3N2O3/c1-3-29(43)33-34-31(45-36(33)22-4-7-24(38)8-5-22)10-9-25(35(34)40)26-16-23(17-27(39)20(26)2)30(44)18-37(13-14-37)32-11-6-21-12-15-41-19-28(21)42-32/h4-12,15-17,19H,3,13-14,18H2,1-2H3. The molecule has 3 heterocycles. The van der Waals surface area contributed by atoms with Crippen molar-refractivity contribution in [3.05, 3.63) is 119 Å². The second-order valence-corrected chi connectivity index (χ2v) is 11.7. The summed E-state index contributed by atoms with van der Waals surface area (Å²) in [6.45, 7) is 3.18. The van der Waals surface area contributed by atoms with Crippen LogP contribution in [0, 0.1) is 24.4 Å². The number of halogens is 3. The van der Waals surface area contributed by atoms with Crippen LogP contribution in [0.15, 0.2) is 83.5 Å². The van der Waals surface area contributed by atoms with Crippen LogP contribution < -0.4 is 0 Å². The van der Waals surface area contributed by atoms with E-state index in [4.69, 9.17) is 9.40 Å². The lowest BCUT2D eigenvalue weighted by Crippen LogP contribution is -2.16. The lowest BCUT2D eigenvalue weighted by molar-refractivity contribution is 0.0966. The summed E-state index contributed by atoms with van der Waals surface area (Å²) >= 11 is 0. The van der Waals surface area contributed by atoms with Gasteiger partial charge in [0.1, 0.15) is 28.8 Å². The minimum absolute atomic E-state index is 0.0370. The molecule has 3 aromatic heterocycles. The summed E-state index contributed by atoms with van der Waals surface area (Å²) in [5, 5.41) is 0.912. The zero-order valence-corrected chi connectivity index (χ0v) is 24.6. The normalized spacial score (nSPS) is 13.8. The van der Waals surface area contributed by atoms with Crippen LogP contribution in [0.25, 0.3) is 44.3 Å². The number of nitrogens with zero attached hydrogens (tertiary/aromatic N) is 2. The third-order valence-corrected chi connectivity index (χ3v) is 8.85. The van der Waals surface area contributed by atoms with Crippen LogP contribution >= 0.6 is 0 Å². The molecule has 0 amide bonds. The summed E-state index contributed by atoms with van der Waals surface area (Å²) in [4.78, 5) is 35.7. The predicted molar refractivity (Wildman–Crippen MR) is 166 cm³/mol. The Bertz CT molecular complexity index is 2160. The van der Waals surface area contributed by atoms with Crippen LogP contribution in [0.1, 0.15) is 64.6 Å². The molecule has 0 bridgehead atoms. The molecule has 45 heavy (non-hydrogen) atoms. The smallest absolute Gasteiger partial charge is 0.167 e. The molecule has 0 N–H and O–H groups in total. The van der Waals surface area contributed by atoms with Gasteiger partial charge in [-0.2, -0.15) is 0 Å². The molecular weight excluding hydrogens is 577 g/mol. The molecule has 5 nitrogen and oxygen atoms in total. The van der Waals surface area contributed by atoms with Gasteiger partial charge in [0, 0.05) is 52.2 Å². The minimum atomic E-state index is -0.763.